The molecule has 2 N–H and O–H groups in total. The second-order valence-electron chi connectivity index (χ2n) is 8.50. The molecule has 3 aromatic rings. The number of carbonyl (C=O) groups excluding carboxylic acids is 3. The number of nitrogens with zero attached hydrogens (tertiary/aromatic N) is 1. The normalized spacial score (nSPS) is 11.3. The number of aryl methyl sites for hydroxylation is 1. The average molecular weight is 519 g/mol. The fourth-order valence-corrected chi connectivity index (χ4v) is 3.54. The van der Waals surface area contributed by atoms with E-state index in [4.69, 9.17) is 9.57 Å². The van der Waals surface area contributed by atoms with Gasteiger partial charge in [-0.25, -0.2) is 9.86 Å². The Kier molecular flexibility index (Phi) is 11.0. The van der Waals surface area contributed by atoms with Gasteiger partial charge in [-0.15, -0.1) is 0 Å². The quantitative estimate of drug-likeness (QED) is 0.310. The molecule has 198 valence electrons. The molecule has 0 saturated carbocycles. The number of carbonyl (C=O) groups is 4. The molecule has 0 aromatic heterocycles. The molecule has 38 heavy (non-hydrogen) atoms. The minimum absolute atomic E-state index is 0.0437. The number of rotatable bonds is 14. The molecule has 1 atom stereocenters. The van der Waals surface area contributed by atoms with E-state index >= 15 is 0 Å². The maximum absolute atomic E-state index is 13.0. The van der Waals surface area contributed by atoms with Gasteiger partial charge in [0.15, 0.2) is 5.78 Å². The summed E-state index contributed by atoms with van der Waals surface area (Å²) < 4.78 is 5.11. The van der Waals surface area contributed by atoms with Crippen molar-refractivity contribution in [3.63, 3.8) is 0 Å². The Balaban J connectivity index is 1.60. The lowest BCUT2D eigenvalue weighted by molar-refractivity contribution is -0.192. The number of benzene rings is 3. The number of carboxylic acids is 1. The molecule has 3 rings (SSSR count). The number of hydroxylamine groups is 2. The van der Waals surface area contributed by atoms with Gasteiger partial charge < -0.3 is 15.2 Å². The first-order valence-electron chi connectivity index (χ1n) is 12.1. The van der Waals surface area contributed by atoms with Crippen LogP contribution in [0.2, 0.25) is 0 Å². The Labute approximate surface area is 220 Å². The largest absolute Gasteiger partial charge is 0.481 e. The van der Waals surface area contributed by atoms with Crippen LogP contribution in [0.5, 0.6) is 0 Å². The van der Waals surface area contributed by atoms with E-state index in [9.17, 15) is 24.3 Å². The highest BCUT2D eigenvalue weighted by atomic mass is 16.7. The fourth-order valence-electron chi connectivity index (χ4n) is 3.54. The zero-order valence-corrected chi connectivity index (χ0v) is 20.8. The van der Waals surface area contributed by atoms with Gasteiger partial charge >= 0.3 is 12.1 Å². The number of carboxylic acid groups (broad SMARTS) is 1. The van der Waals surface area contributed by atoms with Crippen LogP contribution in [0.15, 0.2) is 91.0 Å². The first kappa shape index (κ1) is 28.1. The SMILES string of the molecule is O=C(O)CC(NC(=O)OCc1ccccc1)C(=O)CON(Cc1ccccc1)C(=O)CCc1ccccc1. The molecule has 0 aliphatic heterocycles. The van der Waals surface area contributed by atoms with Crippen molar-refractivity contribution in [3.05, 3.63) is 108 Å². The summed E-state index contributed by atoms with van der Waals surface area (Å²) in [5, 5.41) is 12.6. The van der Waals surface area contributed by atoms with Crippen molar-refractivity contribution < 1.29 is 33.9 Å². The van der Waals surface area contributed by atoms with Crippen LogP contribution in [-0.4, -0.2) is 46.6 Å². The van der Waals surface area contributed by atoms with Gasteiger partial charge in [-0.1, -0.05) is 91.0 Å². The van der Waals surface area contributed by atoms with Crippen molar-refractivity contribution in [2.24, 2.45) is 0 Å². The van der Waals surface area contributed by atoms with Gasteiger partial charge in [-0.3, -0.25) is 19.2 Å². The molecule has 9 heteroatoms. The zero-order chi connectivity index (χ0) is 27.2. The van der Waals surface area contributed by atoms with Crippen LogP contribution in [0.25, 0.3) is 0 Å². The minimum atomic E-state index is -1.39. The predicted molar refractivity (Wildman–Crippen MR) is 139 cm³/mol. The maximum Gasteiger partial charge on any atom is 0.408 e. The highest BCUT2D eigenvalue weighted by Gasteiger charge is 2.26. The fraction of sp³-hybridized carbons (Fsp3) is 0.241. The van der Waals surface area contributed by atoms with Crippen LogP contribution in [-0.2, 0) is 43.5 Å². The Morgan fingerprint density at radius 2 is 1.34 bits per heavy atom. The van der Waals surface area contributed by atoms with E-state index in [1.807, 2.05) is 66.7 Å². The molecular formula is C29H30N2O7. The van der Waals surface area contributed by atoms with Gasteiger partial charge in [0.1, 0.15) is 19.3 Å². The molecule has 0 aliphatic carbocycles. The van der Waals surface area contributed by atoms with Crippen molar-refractivity contribution in [3.8, 4) is 0 Å². The Morgan fingerprint density at radius 1 is 0.789 bits per heavy atom. The van der Waals surface area contributed by atoms with Crippen LogP contribution in [0.4, 0.5) is 4.79 Å². The summed E-state index contributed by atoms with van der Waals surface area (Å²) in [5.74, 6) is -2.33. The Hall–Kier alpha value is -4.50. The van der Waals surface area contributed by atoms with Gasteiger partial charge in [-0.2, -0.15) is 0 Å². The highest BCUT2D eigenvalue weighted by Crippen LogP contribution is 2.11. The van der Waals surface area contributed by atoms with Crippen LogP contribution >= 0.6 is 0 Å². The van der Waals surface area contributed by atoms with Gasteiger partial charge in [0.2, 0.25) is 5.91 Å². The Bertz CT molecular complexity index is 1190. The zero-order valence-electron chi connectivity index (χ0n) is 20.8. The number of nitrogens with one attached hydrogen (secondary N) is 1. The Morgan fingerprint density at radius 3 is 1.92 bits per heavy atom. The van der Waals surface area contributed by atoms with Crippen molar-refractivity contribution in [2.45, 2.75) is 38.5 Å². The summed E-state index contributed by atoms with van der Waals surface area (Å²) in [5.41, 5.74) is 2.51. The van der Waals surface area contributed by atoms with E-state index in [-0.39, 0.29) is 25.5 Å². The van der Waals surface area contributed by atoms with Crippen LogP contribution < -0.4 is 5.32 Å². The van der Waals surface area contributed by atoms with E-state index in [0.29, 0.717) is 6.42 Å². The first-order valence-corrected chi connectivity index (χ1v) is 12.1. The topological polar surface area (TPSA) is 122 Å². The van der Waals surface area contributed by atoms with Gasteiger partial charge in [0.05, 0.1) is 13.0 Å². The van der Waals surface area contributed by atoms with Crippen molar-refractivity contribution in [1.29, 1.82) is 0 Å². The molecule has 1 unspecified atom stereocenters. The number of amides is 2. The van der Waals surface area contributed by atoms with Crippen LogP contribution in [0.1, 0.15) is 29.5 Å². The molecule has 0 spiro atoms. The first-order chi connectivity index (χ1) is 18.4. The highest BCUT2D eigenvalue weighted by molar-refractivity contribution is 5.91. The lowest BCUT2D eigenvalue weighted by Gasteiger charge is -2.23. The molecule has 0 aliphatic rings. The van der Waals surface area contributed by atoms with Crippen LogP contribution in [0, 0.1) is 0 Å². The number of Topliss-reactive ketones (excluding diaryl/α,β-unsaturated/α-hetero) is 1. The third-order valence-corrected chi connectivity index (χ3v) is 5.55. The third-order valence-electron chi connectivity index (χ3n) is 5.55. The van der Waals surface area contributed by atoms with Gasteiger partial charge in [0, 0.05) is 6.42 Å². The van der Waals surface area contributed by atoms with E-state index in [2.05, 4.69) is 5.32 Å². The lowest BCUT2D eigenvalue weighted by Crippen LogP contribution is -2.45. The second-order valence-corrected chi connectivity index (χ2v) is 8.50. The number of hydrogen-bond acceptors (Lipinski definition) is 6. The molecular weight excluding hydrogens is 488 g/mol. The van der Waals surface area contributed by atoms with Crippen molar-refractivity contribution >= 4 is 23.8 Å². The average Bonchev–Trinajstić information content (AvgIpc) is 2.93. The molecule has 9 nitrogen and oxygen atoms in total. The standard InChI is InChI=1S/C29H30N2O7/c32-26(25(18-28(34)35)30-29(36)37-20-24-14-8-3-9-15-24)21-38-31(19-23-12-6-2-7-13-23)27(33)17-16-22-10-4-1-5-11-22/h1-15,25H,16-21H2,(H,30,36)(H,34,35). The molecule has 3 aromatic carbocycles. The molecule has 0 radical (unpaired) electrons. The monoisotopic (exact) mass is 518 g/mol. The number of aliphatic carboxylic acids is 1. The molecule has 0 bridgehead atoms. The summed E-state index contributed by atoms with van der Waals surface area (Å²) in [6.07, 6.45) is -0.969. The summed E-state index contributed by atoms with van der Waals surface area (Å²) in [6.45, 7) is -0.559. The third kappa shape index (κ3) is 9.87. The van der Waals surface area contributed by atoms with E-state index < -0.39 is 36.9 Å². The van der Waals surface area contributed by atoms with Gasteiger partial charge in [0.25, 0.3) is 0 Å². The molecule has 0 saturated heterocycles. The summed E-state index contributed by atoms with van der Waals surface area (Å²) in [7, 11) is 0. The summed E-state index contributed by atoms with van der Waals surface area (Å²) in [4.78, 5) is 55.0. The number of alkyl carbamates (subject to hydrolysis) is 1. The molecule has 2 amide bonds. The number of ketones is 1. The summed E-state index contributed by atoms with van der Waals surface area (Å²) in [6, 6.07) is 26.1. The maximum atomic E-state index is 13.0. The predicted octanol–water partition coefficient (Wildman–Crippen LogP) is 3.92. The smallest absolute Gasteiger partial charge is 0.408 e. The summed E-state index contributed by atoms with van der Waals surface area (Å²) >= 11 is 0. The number of hydrogen-bond donors (Lipinski definition) is 2. The van der Waals surface area contributed by atoms with Crippen LogP contribution in [0.3, 0.4) is 0 Å². The van der Waals surface area contributed by atoms with Crippen molar-refractivity contribution in [2.75, 3.05) is 6.61 Å². The van der Waals surface area contributed by atoms with E-state index in [1.165, 1.54) is 0 Å². The second kappa shape index (κ2) is 14.9. The minimum Gasteiger partial charge on any atom is -0.481 e. The van der Waals surface area contributed by atoms with Gasteiger partial charge in [-0.05, 0) is 23.1 Å². The van der Waals surface area contributed by atoms with E-state index in [1.54, 1.807) is 24.3 Å². The molecule has 0 fully saturated rings. The molecule has 0 heterocycles. The van der Waals surface area contributed by atoms with E-state index in [0.717, 1.165) is 21.8 Å². The van der Waals surface area contributed by atoms with Crippen molar-refractivity contribution in [1.82, 2.24) is 10.4 Å². The number of ether oxygens (including phenoxy) is 1. The lowest BCUT2D eigenvalue weighted by atomic mass is 10.1.